The van der Waals surface area contributed by atoms with Crippen molar-refractivity contribution in [2.75, 3.05) is 12.3 Å². The fourth-order valence-electron chi connectivity index (χ4n) is 0.529. The van der Waals surface area contributed by atoms with Crippen LogP contribution in [0.1, 0.15) is 19.3 Å². The van der Waals surface area contributed by atoms with Crippen LogP contribution in [0.15, 0.2) is 0 Å². The molecular weight excluding hydrogens is 138 g/mol. The highest BCUT2D eigenvalue weighted by molar-refractivity contribution is 7.80. The Labute approximate surface area is 60.0 Å². The first-order valence-corrected chi connectivity index (χ1v) is 3.63. The van der Waals surface area contributed by atoms with Crippen LogP contribution in [-0.4, -0.2) is 17.2 Å². The number of unbranched alkanes of at least 4 members (excludes halogenated alkanes) is 2. The molecular formula is C5H11NO2S. The Morgan fingerprint density at radius 2 is 2.00 bits per heavy atom. The maximum absolute atomic E-state index is 9.75. The van der Waals surface area contributed by atoms with Crippen LogP contribution in [0.2, 0.25) is 0 Å². The molecule has 0 saturated heterocycles. The largest absolute Gasteiger partial charge is 0.265 e. The van der Waals surface area contributed by atoms with Gasteiger partial charge >= 0.3 is 0 Å². The fraction of sp³-hybridized carbons (Fsp3) is 1.00. The quantitative estimate of drug-likeness (QED) is 0.277. The number of hydrogen-bond donors (Lipinski definition) is 1. The molecule has 0 amide bonds. The topological polar surface area (TPSA) is 43.1 Å². The Kier molecular flexibility index (Phi) is 5.72. The molecule has 3 nitrogen and oxygen atoms in total. The Morgan fingerprint density at radius 1 is 1.33 bits per heavy atom. The van der Waals surface area contributed by atoms with Crippen molar-refractivity contribution in [3.63, 3.8) is 0 Å². The van der Waals surface area contributed by atoms with Crippen molar-refractivity contribution in [1.82, 2.24) is 0 Å². The molecule has 0 heterocycles. The zero-order valence-electron chi connectivity index (χ0n) is 5.25. The molecule has 0 aliphatic rings. The van der Waals surface area contributed by atoms with Gasteiger partial charge in [0.1, 0.15) is 0 Å². The molecule has 0 aromatic carbocycles. The van der Waals surface area contributed by atoms with Crippen molar-refractivity contribution in [2.45, 2.75) is 19.3 Å². The van der Waals surface area contributed by atoms with Gasteiger partial charge in [0.25, 0.3) is 0 Å². The molecule has 54 valence electrons. The third-order valence-corrected chi connectivity index (χ3v) is 1.32. The summed E-state index contributed by atoms with van der Waals surface area (Å²) in [5, 5.41) is 9.75. The second-order valence-corrected chi connectivity index (χ2v) is 2.29. The van der Waals surface area contributed by atoms with Crippen LogP contribution in [0.25, 0.3) is 0 Å². The molecule has 0 radical (unpaired) electrons. The standard InChI is InChI=1S/C5H11NO2S/c7-6(8)4-2-1-3-5-9/h9H,1-5H2. The first-order valence-electron chi connectivity index (χ1n) is 3.00. The summed E-state index contributed by atoms with van der Waals surface area (Å²) in [5.74, 6) is 0.831. The molecule has 0 rings (SSSR count). The summed E-state index contributed by atoms with van der Waals surface area (Å²) in [6, 6.07) is 0. The average molecular weight is 149 g/mol. The van der Waals surface area contributed by atoms with Crippen LogP contribution in [-0.2, 0) is 0 Å². The highest BCUT2D eigenvalue weighted by atomic mass is 32.1. The van der Waals surface area contributed by atoms with Gasteiger partial charge in [-0.1, -0.05) is 0 Å². The summed E-state index contributed by atoms with van der Waals surface area (Å²) in [4.78, 5) is 9.47. The van der Waals surface area contributed by atoms with Gasteiger partial charge in [-0.3, -0.25) is 10.1 Å². The molecule has 0 aromatic heterocycles. The molecule has 0 aromatic rings. The predicted molar refractivity (Wildman–Crippen MR) is 39.6 cm³/mol. The van der Waals surface area contributed by atoms with Crippen LogP contribution in [0.5, 0.6) is 0 Å². The van der Waals surface area contributed by atoms with Gasteiger partial charge < -0.3 is 0 Å². The minimum Gasteiger partial charge on any atom is -0.265 e. The highest BCUT2D eigenvalue weighted by Gasteiger charge is 1.94. The SMILES string of the molecule is O=[N+]([O-])CCCCCS. The molecule has 0 aliphatic heterocycles. The van der Waals surface area contributed by atoms with Crippen LogP contribution in [0.3, 0.4) is 0 Å². The Balaban J connectivity index is 2.83. The van der Waals surface area contributed by atoms with E-state index in [0.717, 1.165) is 18.6 Å². The number of hydrogen-bond acceptors (Lipinski definition) is 3. The lowest BCUT2D eigenvalue weighted by Crippen LogP contribution is -1.99. The van der Waals surface area contributed by atoms with Gasteiger partial charge in [0.2, 0.25) is 6.54 Å². The van der Waals surface area contributed by atoms with Crippen LogP contribution < -0.4 is 0 Å². The van der Waals surface area contributed by atoms with Gasteiger partial charge in [0.15, 0.2) is 0 Å². The second kappa shape index (κ2) is 5.88. The first-order chi connectivity index (χ1) is 4.27. The lowest BCUT2D eigenvalue weighted by Gasteiger charge is -1.91. The van der Waals surface area contributed by atoms with Crippen LogP contribution in [0.4, 0.5) is 0 Å². The number of nitrogens with zero attached hydrogens (tertiary/aromatic N) is 1. The summed E-state index contributed by atoms with van der Waals surface area (Å²) >= 11 is 3.98. The lowest BCUT2D eigenvalue weighted by molar-refractivity contribution is -0.480. The third-order valence-electron chi connectivity index (χ3n) is 0.999. The summed E-state index contributed by atoms with van der Waals surface area (Å²) in [5.41, 5.74) is 0. The number of rotatable bonds is 5. The van der Waals surface area contributed by atoms with Gasteiger partial charge in [-0.2, -0.15) is 12.6 Å². The Hall–Kier alpha value is -0.250. The molecule has 0 saturated carbocycles. The van der Waals surface area contributed by atoms with E-state index in [1.165, 1.54) is 0 Å². The van der Waals surface area contributed by atoms with Crippen LogP contribution in [0, 0.1) is 10.1 Å². The van der Waals surface area contributed by atoms with Gasteiger partial charge in [-0.15, -0.1) is 0 Å². The molecule has 0 unspecified atom stereocenters. The van der Waals surface area contributed by atoms with Crippen molar-refractivity contribution in [3.05, 3.63) is 10.1 Å². The smallest absolute Gasteiger partial charge is 0.203 e. The van der Waals surface area contributed by atoms with Crippen molar-refractivity contribution < 1.29 is 4.92 Å². The number of nitro groups is 1. The van der Waals surface area contributed by atoms with Crippen molar-refractivity contribution in [2.24, 2.45) is 0 Å². The lowest BCUT2D eigenvalue weighted by atomic mass is 10.2. The molecule has 0 bridgehead atoms. The van der Waals surface area contributed by atoms with Crippen molar-refractivity contribution >= 4 is 12.6 Å². The predicted octanol–water partition coefficient (Wildman–Crippen LogP) is 1.36. The number of thiol groups is 1. The van der Waals surface area contributed by atoms with Gasteiger partial charge in [0.05, 0.1) is 0 Å². The molecule has 4 heteroatoms. The van der Waals surface area contributed by atoms with E-state index in [-0.39, 0.29) is 11.5 Å². The fourth-order valence-corrected chi connectivity index (χ4v) is 0.753. The van der Waals surface area contributed by atoms with E-state index in [4.69, 9.17) is 0 Å². The summed E-state index contributed by atoms with van der Waals surface area (Å²) < 4.78 is 0. The third kappa shape index (κ3) is 7.75. The molecule has 0 aliphatic carbocycles. The molecule has 0 spiro atoms. The second-order valence-electron chi connectivity index (χ2n) is 1.84. The van der Waals surface area contributed by atoms with E-state index < -0.39 is 0 Å². The van der Waals surface area contributed by atoms with Crippen LogP contribution >= 0.6 is 12.6 Å². The summed E-state index contributed by atoms with van der Waals surface area (Å²) in [7, 11) is 0. The summed E-state index contributed by atoms with van der Waals surface area (Å²) in [6.07, 6.45) is 2.59. The van der Waals surface area contributed by atoms with Crippen molar-refractivity contribution in [1.29, 1.82) is 0 Å². The van der Waals surface area contributed by atoms with Gasteiger partial charge in [0, 0.05) is 11.3 Å². The minimum atomic E-state index is -0.279. The highest BCUT2D eigenvalue weighted by Crippen LogP contribution is 1.95. The first kappa shape index (κ1) is 8.75. The molecule has 0 atom stereocenters. The van der Waals surface area contributed by atoms with E-state index >= 15 is 0 Å². The maximum Gasteiger partial charge on any atom is 0.203 e. The van der Waals surface area contributed by atoms with Crippen molar-refractivity contribution in [3.8, 4) is 0 Å². The molecule has 0 N–H and O–H groups in total. The van der Waals surface area contributed by atoms with E-state index in [9.17, 15) is 10.1 Å². The van der Waals surface area contributed by atoms with E-state index in [2.05, 4.69) is 12.6 Å². The van der Waals surface area contributed by atoms with Gasteiger partial charge in [-0.25, -0.2) is 0 Å². The molecule has 0 fully saturated rings. The van der Waals surface area contributed by atoms with E-state index in [0.29, 0.717) is 6.42 Å². The monoisotopic (exact) mass is 149 g/mol. The normalized spacial score (nSPS) is 9.44. The Morgan fingerprint density at radius 3 is 2.44 bits per heavy atom. The zero-order chi connectivity index (χ0) is 7.11. The van der Waals surface area contributed by atoms with E-state index in [1.807, 2.05) is 0 Å². The van der Waals surface area contributed by atoms with Gasteiger partial charge in [-0.05, 0) is 18.6 Å². The maximum atomic E-state index is 9.75. The zero-order valence-corrected chi connectivity index (χ0v) is 6.14. The molecule has 9 heavy (non-hydrogen) atoms. The Bertz CT molecular complexity index is 87.0. The minimum absolute atomic E-state index is 0.105. The van der Waals surface area contributed by atoms with E-state index in [1.54, 1.807) is 0 Å². The average Bonchev–Trinajstić information content (AvgIpc) is 1.80. The summed E-state index contributed by atoms with van der Waals surface area (Å²) in [6.45, 7) is 0.105.